The van der Waals surface area contributed by atoms with Crippen LogP contribution in [-0.2, 0) is 6.54 Å². The molecule has 4 N–H and O–H groups in total. The van der Waals surface area contributed by atoms with Crippen molar-refractivity contribution in [1.29, 1.82) is 0 Å². The number of hydrogen-bond donors (Lipinski definition) is 3. The minimum atomic E-state index is 0.764. The lowest BCUT2D eigenvalue weighted by molar-refractivity contribution is 1.09. The Morgan fingerprint density at radius 2 is 2.33 bits per heavy atom. The van der Waals surface area contributed by atoms with E-state index in [1.807, 2.05) is 31.3 Å². The minimum Gasteiger partial charge on any atom is -0.399 e. The van der Waals surface area contributed by atoms with E-state index < -0.39 is 0 Å². The minimum absolute atomic E-state index is 0.764. The summed E-state index contributed by atoms with van der Waals surface area (Å²) in [5.74, 6) is 0. The molecule has 15 heavy (non-hydrogen) atoms. The Morgan fingerprint density at radius 3 is 3.00 bits per heavy atom. The fraction of sp³-hybridized carbons (Fsp3) is 0.182. The van der Waals surface area contributed by atoms with Crippen LogP contribution >= 0.6 is 0 Å². The van der Waals surface area contributed by atoms with Gasteiger partial charge in [0, 0.05) is 29.7 Å². The molecule has 0 saturated heterocycles. The average molecular weight is 202 g/mol. The highest BCUT2D eigenvalue weighted by Gasteiger charge is 1.97. The van der Waals surface area contributed by atoms with Gasteiger partial charge in [-0.15, -0.1) is 0 Å². The number of aryl methyl sites for hydroxylation is 1. The number of nitrogens with zero attached hydrogens (tertiary/aromatic N) is 1. The van der Waals surface area contributed by atoms with Crippen LogP contribution in [0, 0.1) is 6.92 Å². The Morgan fingerprint density at radius 1 is 1.47 bits per heavy atom. The summed E-state index contributed by atoms with van der Waals surface area (Å²) in [5, 5.41) is 9.96. The van der Waals surface area contributed by atoms with Gasteiger partial charge >= 0.3 is 0 Å². The number of aromatic amines is 1. The van der Waals surface area contributed by atoms with Gasteiger partial charge in [0.1, 0.15) is 0 Å². The average Bonchev–Trinajstić information content (AvgIpc) is 2.73. The predicted octanol–water partition coefficient (Wildman–Crippen LogP) is 1.91. The molecule has 4 nitrogen and oxygen atoms in total. The van der Waals surface area contributed by atoms with Crippen LogP contribution in [0.5, 0.6) is 0 Å². The molecule has 0 fully saturated rings. The van der Waals surface area contributed by atoms with E-state index in [1.54, 1.807) is 6.20 Å². The molecule has 0 atom stereocenters. The van der Waals surface area contributed by atoms with E-state index >= 15 is 0 Å². The molecule has 2 rings (SSSR count). The van der Waals surface area contributed by atoms with Crippen molar-refractivity contribution < 1.29 is 0 Å². The highest BCUT2D eigenvalue weighted by molar-refractivity contribution is 5.56. The third-order valence-corrected chi connectivity index (χ3v) is 2.32. The van der Waals surface area contributed by atoms with Gasteiger partial charge in [0.25, 0.3) is 0 Å². The number of hydrogen-bond acceptors (Lipinski definition) is 3. The molecule has 0 saturated carbocycles. The SMILES string of the molecule is Cc1cc(NCc2cn[nH]c2)ccc1N. The van der Waals surface area contributed by atoms with Crippen LogP contribution in [0.4, 0.5) is 11.4 Å². The third-order valence-electron chi connectivity index (χ3n) is 2.32. The standard InChI is InChI=1S/C11H14N4/c1-8-4-10(2-3-11(8)12)13-5-9-6-14-15-7-9/h2-4,6-7,13H,5,12H2,1H3,(H,14,15). The lowest BCUT2D eigenvalue weighted by Gasteiger charge is -2.07. The zero-order valence-corrected chi connectivity index (χ0v) is 8.62. The molecule has 0 radical (unpaired) electrons. The summed E-state index contributed by atoms with van der Waals surface area (Å²) in [6.07, 6.45) is 3.67. The van der Waals surface area contributed by atoms with Gasteiger partial charge in [-0.05, 0) is 30.7 Å². The molecule has 0 amide bonds. The molecule has 1 heterocycles. The van der Waals surface area contributed by atoms with Crippen molar-refractivity contribution in [1.82, 2.24) is 10.2 Å². The number of benzene rings is 1. The molecular formula is C11H14N4. The zero-order chi connectivity index (χ0) is 10.7. The maximum Gasteiger partial charge on any atom is 0.0537 e. The normalized spacial score (nSPS) is 10.2. The van der Waals surface area contributed by atoms with E-state index in [-0.39, 0.29) is 0 Å². The van der Waals surface area contributed by atoms with Gasteiger partial charge in [0.15, 0.2) is 0 Å². The molecule has 0 bridgehead atoms. The molecule has 4 heteroatoms. The number of aromatic nitrogens is 2. The summed E-state index contributed by atoms with van der Waals surface area (Å²) in [4.78, 5) is 0. The lowest BCUT2D eigenvalue weighted by atomic mass is 10.2. The first-order valence-electron chi connectivity index (χ1n) is 4.83. The van der Waals surface area contributed by atoms with Gasteiger partial charge < -0.3 is 11.1 Å². The van der Waals surface area contributed by atoms with Crippen molar-refractivity contribution in [3.05, 3.63) is 41.7 Å². The van der Waals surface area contributed by atoms with E-state index in [2.05, 4.69) is 15.5 Å². The van der Waals surface area contributed by atoms with Gasteiger partial charge in [-0.1, -0.05) is 0 Å². The van der Waals surface area contributed by atoms with Crippen molar-refractivity contribution in [2.24, 2.45) is 0 Å². The second kappa shape index (κ2) is 4.04. The van der Waals surface area contributed by atoms with Crippen molar-refractivity contribution >= 4 is 11.4 Å². The summed E-state index contributed by atoms with van der Waals surface area (Å²) < 4.78 is 0. The molecule has 0 aliphatic rings. The quantitative estimate of drug-likeness (QED) is 0.666. The second-order valence-electron chi connectivity index (χ2n) is 3.53. The van der Waals surface area contributed by atoms with Crippen LogP contribution in [0.2, 0.25) is 0 Å². The van der Waals surface area contributed by atoms with Gasteiger partial charge in [-0.2, -0.15) is 5.10 Å². The van der Waals surface area contributed by atoms with Gasteiger partial charge in [-0.25, -0.2) is 0 Å². The maximum atomic E-state index is 5.74. The number of nitrogens with one attached hydrogen (secondary N) is 2. The van der Waals surface area contributed by atoms with E-state index in [0.29, 0.717) is 0 Å². The number of anilines is 2. The molecule has 1 aromatic carbocycles. The smallest absolute Gasteiger partial charge is 0.0537 e. The van der Waals surface area contributed by atoms with Crippen molar-refractivity contribution in [2.45, 2.75) is 13.5 Å². The molecule has 2 aromatic rings. The topological polar surface area (TPSA) is 66.7 Å². The van der Waals surface area contributed by atoms with E-state index in [4.69, 9.17) is 5.73 Å². The largest absolute Gasteiger partial charge is 0.399 e. The Kier molecular flexibility index (Phi) is 2.58. The first-order valence-corrected chi connectivity index (χ1v) is 4.83. The molecule has 1 aromatic heterocycles. The Bertz CT molecular complexity index is 434. The van der Waals surface area contributed by atoms with Crippen LogP contribution in [0.25, 0.3) is 0 Å². The first-order chi connectivity index (χ1) is 7.25. The molecular weight excluding hydrogens is 188 g/mol. The summed E-state index contributed by atoms with van der Waals surface area (Å²) in [5.41, 5.74) is 9.85. The maximum absolute atomic E-state index is 5.74. The Hall–Kier alpha value is -1.97. The van der Waals surface area contributed by atoms with Gasteiger partial charge in [0.2, 0.25) is 0 Å². The Labute approximate surface area is 88.5 Å². The summed E-state index contributed by atoms with van der Waals surface area (Å²) in [6.45, 7) is 2.76. The molecule has 0 spiro atoms. The van der Waals surface area contributed by atoms with Crippen molar-refractivity contribution in [2.75, 3.05) is 11.1 Å². The monoisotopic (exact) mass is 202 g/mol. The lowest BCUT2D eigenvalue weighted by Crippen LogP contribution is -1.99. The first kappa shape index (κ1) is 9.58. The van der Waals surface area contributed by atoms with Gasteiger partial charge in [-0.3, -0.25) is 5.10 Å². The fourth-order valence-electron chi connectivity index (χ4n) is 1.36. The molecule has 0 unspecified atom stereocenters. The van der Waals surface area contributed by atoms with Crippen LogP contribution in [-0.4, -0.2) is 10.2 Å². The number of rotatable bonds is 3. The van der Waals surface area contributed by atoms with Crippen LogP contribution < -0.4 is 11.1 Å². The van der Waals surface area contributed by atoms with E-state index in [1.165, 1.54) is 0 Å². The number of nitrogens with two attached hydrogens (primary N) is 1. The zero-order valence-electron chi connectivity index (χ0n) is 8.62. The highest BCUT2D eigenvalue weighted by atomic mass is 15.1. The third kappa shape index (κ3) is 2.28. The predicted molar refractivity (Wildman–Crippen MR) is 61.5 cm³/mol. The van der Waals surface area contributed by atoms with Crippen LogP contribution in [0.15, 0.2) is 30.6 Å². The number of nitrogen functional groups attached to an aromatic ring is 1. The number of H-pyrrole nitrogens is 1. The summed E-state index contributed by atoms with van der Waals surface area (Å²) in [6, 6.07) is 5.92. The van der Waals surface area contributed by atoms with Crippen LogP contribution in [0.1, 0.15) is 11.1 Å². The molecule has 0 aliphatic heterocycles. The summed E-state index contributed by atoms with van der Waals surface area (Å²) >= 11 is 0. The van der Waals surface area contributed by atoms with Gasteiger partial charge in [0.05, 0.1) is 6.20 Å². The second-order valence-corrected chi connectivity index (χ2v) is 3.53. The van der Waals surface area contributed by atoms with E-state index in [0.717, 1.165) is 29.0 Å². The van der Waals surface area contributed by atoms with Crippen LogP contribution in [0.3, 0.4) is 0 Å². The molecule has 78 valence electrons. The van der Waals surface area contributed by atoms with Crippen molar-refractivity contribution in [3.63, 3.8) is 0 Å². The van der Waals surface area contributed by atoms with Crippen molar-refractivity contribution in [3.8, 4) is 0 Å². The highest BCUT2D eigenvalue weighted by Crippen LogP contribution is 2.16. The van der Waals surface area contributed by atoms with E-state index in [9.17, 15) is 0 Å². The summed E-state index contributed by atoms with van der Waals surface area (Å²) in [7, 11) is 0. The Balaban J connectivity index is 2.02. The molecule has 0 aliphatic carbocycles. The fourth-order valence-corrected chi connectivity index (χ4v) is 1.36.